The summed E-state index contributed by atoms with van der Waals surface area (Å²) in [5, 5.41) is 11.6. The highest BCUT2D eigenvalue weighted by Crippen LogP contribution is 2.11. The molecule has 2 unspecified atom stereocenters. The molecule has 0 aliphatic carbocycles. The second-order valence-corrected chi connectivity index (χ2v) is 5.03. The summed E-state index contributed by atoms with van der Waals surface area (Å²) in [6, 6.07) is -0.624. The van der Waals surface area contributed by atoms with Crippen LogP contribution in [0.1, 0.15) is 27.7 Å². The zero-order valence-electron chi connectivity index (χ0n) is 11.3. The summed E-state index contributed by atoms with van der Waals surface area (Å²) >= 11 is 0. The highest BCUT2D eigenvalue weighted by Gasteiger charge is 2.28. The van der Waals surface area contributed by atoms with Crippen molar-refractivity contribution in [3.63, 3.8) is 0 Å². The van der Waals surface area contributed by atoms with Gasteiger partial charge in [-0.15, -0.1) is 0 Å². The number of rotatable bonds is 3. The Labute approximate surface area is 107 Å². The fourth-order valence-electron chi connectivity index (χ4n) is 1.97. The third kappa shape index (κ3) is 3.87. The number of morpholine rings is 1. The highest BCUT2D eigenvalue weighted by molar-refractivity contribution is 5.76. The van der Waals surface area contributed by atoms with E-state index in [1.54, 1.807) is 18.7 Å². The van der Waals surface area contributed by atoms with E-state index in [1.807, 2.05) is 13.8 Å². The van der Waals surface area contributed by atoms with Crippen molar-refractivity contribution in [2.24, 2.45) is 5.92 Å². The van der Waals surface area contributed by atoms with Gasteiger partial charge in [-0.05, 0) is 27.7 Å². The Morgan fingerprint density at radius 3 is 2.22 bits per heavy atom. The van der Waals surface area contributed by atoms with Crippen molar-refractivity contribution in [3.05, 3.63) is 0 Å². The molecule has 0 aromatic carbocycles. The van der Waals surface area contributed by atoms with Crippen molar-refractivity contribution in [1.29, 1.82) is 0 Å². The molecule has 2 amide bonds. The molecule has 1 aliphatic rings. The molecule has 104 valence electrons. The summed E-state index contributed by atoms with van der Waals surface area (Å²) in [7, 11) is 0. The molecule has 1 aliphatic heterocycles. The Morgan fingerprint density at radius 1 is 1.28 bits per heavy atom. The van der Waals surface area contributed by atoms with Gasteiger partial charge in [0.25, 0.3) is 0 Å². The van der Waals surface area contributed by atoms with Crippen molar-refractivity contribution < 1.29 is 19.4 Å². The molecule has 1 saturated heterocycles. The molecule has 0 bridgehead atoms. The van der Waals surface area contributed by atoms with Crippen LogP contribution in [-0.2, 0) is 9.53 Å². The van der Waals surface area contributed by atoms with Gasteiger partial charge in [0.2, 0.25) is 0 Å². The minimum atomic E-state index is -0.911. The summed E-state index contributed by atoms with van der Waals surface area (Å²) < 4.78 is 5.54. The molecule has 0 radical (unpaired) electrons. The fourth-order valence-corrected chi connectivity index (χ4v) is 1.97. The van der Waals surface area contributed by atoms with Gasteiger partial charge in [0, 0.05) is 19.1 Å². The van der Waals surface area contributed by atoms with Crippen molar-refractivity contribution in [2.45, 2.75) is 45.9 Å². The maximum Gasteiger partial charge on any atom is 0.317 e. The van der Waals surface area contributed by atoms with Gasteiger partial charge in [-0.25, -0.2) is 4.79 Å². The number of carboxylic acid groups (broad SMARTS) is 1. The van der Waals surface area contributed by atoms with E-state index >= 15 is 0 Å². The summed E-state index contributed by atoms with van der Waals surface area (Å²) in [6.07, 6.45) is 0.0124. The number of carbonyl (C=O) groups is 2. The fraction of sp³-hybridized carbons (Fsp3) is 0.833. The first-order chi connectivity index (χ1) is 8.31. The lowest BCUT2D eigenvalue weighted by Gasteiger charge is -2.36. The number of hydrogen-bond acceptors (Lipinski definition) is 3. The number of urea groups is 1. The van der Waals surface area contributed by atoms with Crippen LogP contribution in [0.15, 0.2) is 0 Å². The number of ether oxygens (including phenoxy) is 1. The van der Waals surface area contributed by atoms with Gasteiger partial charge in [0.1, 0.15) is 0 Å². The Bertz CT molecular complexity index is 311. The van der Waals surface area contributed by atoms with Crippen molar-refractivity contribution in [1.82, 2.24) is 10.2 Å². The number of carbonyl (C=O) groups excluding carboxylic acids is 1. The van der Waals surface area contributed by atoms with E-state index in [2.05, 4.69) is 5.32 Å². The van der Waals surface area contributed by atoms with E-state index in [-0.39, 0.29) is 18.2 Å². The second-order valence-electron chi connectivity index (χ2n) is 5.03. The molecule has 0 aromatic heterocycles. The molecule has 1 fully saturated rings. The lowest BCUT2D eigenvalue weighted by Crippen LogP contribution is -2.54. The van der Waals surface area contributed by atoms with E-state index in [0.29, 0.717) is 13.1 Å². The van der Waals surface area contributed by atoms with Crippen LogP contribution < -0.4 is 5.32 Å². The van der Waals surface area contributed by atoms with E-state index < -0.39 is 17.9 Å². The van der Waals surface area contributed by atoms with Gasteiger partial charge in [-0.2, -0.15) is 0 Å². The van der Waals surface area contributed by atoms with E-state index in [1.165, 1.54) is 0 Å². The van der Waals surface area contributed by atoms with E-state index in [4.69, 9.17) is 9.84 Å². The molecule has 18 heavy (non-hydrogen) atoms. The lowest BCUT2D eigenvalue weighted by atomic mass is 10.0. The number of hydrogen-bond donors (Lipinski definition) is 2. The average Bonchev–Trinajstić information content (AvgIpc) is 2.26. The zero-order valence-corrected chi connectivity index (χ0v) is 11.3. The summed E-state index contributed by atoms with van der Waals surface area (Å²) in [6.45, 7) is 8.18. The molecule has 0 saturated carbocycles. The maximum atomic E-state index is 12.0. The Kier molecular flexibility index (Phi) is 4.95. The second kappa shape index (κ2) is 6.04. The molecule has 1 rings (SSSR count). The first kappa shape index (κ1) is 14.8. The Balaban J connectivity index is 2.52. The zero-order chi connectivity index (χ0) is 13.9. The number of nitrogens with one attached hydrogen (secondary N) is 1. The molecule has 1 heterocycles. The standard InChI is InChI=1S/C12H22N2O4/c1-7-5-14(6-8(2)18-7)12(17)13-10(4)9(3)11(15)16/h7-10H,5-6H2,1-4H3,(H,13,17)(H,15,16)/t7-,8+,9?,10?. The first-order valence-corrected chi connectivity index (χ1v) is 6.25. The van der Waals surface area contributed by atoms with Gasteiger partial charge in [0.05, 0.1) is 18.1 Å². The van der Waals surface area contributed by atoms with Gasteiger partial charge in [-0.1, -0.05) is 0 Å². The number of carboxylic acids is 1. The summed E-state index contributed by atoms with van der Waals surface area (Å²) in [5.41, 5.74) is 0. The molecule has 6 heteroatoms. The Hall–Kier alpha value is -1.30. The monoisotopic (exact) mass is 258 g/mol. The molecular formula is C12H22N2O4. The summed E-state index contributed by atoms with van der Waals surface area (Å²) in [4.78, 5) is 24.5. The van der Waals surface area contributed by atoms with Gasteiger partial charge >= 0.3 is 12.0 Å². The molecular weight excluding hydrogens is 236 g/mol. The average molecular weight is 258 g/mol. The van der Waals surface area contributed by atoms with Crippen LogP contribution in [0.25, 0.3) is 0 Å². The van der Waals surface area contributed by atoms with Crippen molar-refractivity contribution in [3.8, 4) is 0 Å². The van der Waals surface area contributed by atoms with E-state index in [0.717, 1.165) is 0 Å². The van der Waals surface area contributed by atoms with Crippen molar-refractivity contribution >= 4 is 12.0 Å². The van der Waals surface area contributed by atoms with Gasteiger partial charge in [0.15, 0.2) is 0 Å². The smallest absolute Gasteiger partial charge is 0.317 e. The largest absolute Gasteiger partial charge is 0.481 e. The number of nitrogens with zero attached hydrogens (tertiary/aromatic N) is 1. The molecule has 0 aromatic rings. The minimum Gasteiger partial charge on any atom is -0.481 e. The summed E-state index contributed by atoms with van der Waals surface area (Å²) in [5.74, 6) is -1.52. The van der Waals surface area contributed by atoms with Crippen LogP contribution in [0.5, 0.6) is 0 Å². The molecule has 4 atom stereocenters. The normalized spacial score (nSPS) is 27.4. The topological polar surface area (TPSA) is 78.9 Å². The van der Waals surface area contributed by atoms with Gasteiger partial charge in [-0.3, -0.25) is 4.79 Å². The Morgan fingerprint density at radius 2 is 1.78 bits per heavy atom. The highest BCUT2D eigenvalue weighted by atomic mass is 16.5. The third-order valence-corrected chi connectivity index (χ3v) is 3.20. The van der Waals surface area contributed by atoms with Gasteiger partial charge < -0.3 is 20.1 Å². The SMILES string of the molecule is CC(NC(=O)N1C[C@@H](C)O[C@@H](C)C1)C(C)C(=O)O. The van der Waals surface area contributed by atoms with Crippen LogP contribution in [-0.4, -0.2) is 53.3 Å². The quantitative estimate of drug-likeness (QED) is 0.788. The van der Waals surface area contributed by atoms with Crippen LogP contribution >= 0.6 is 0 Å². The minimum absolute atomic E-state index is 0.00621. The van der Waals surface area contributed by atoms with Crippen molar-refractivity contribution in [2.75, 3.05) is 13.1 Å². The van der Waals surface area contributed by atoms with Crippen LogP contribution in [0.3, 0.4) is 0 Å². The molecule has 2 N–H and O–H groups in total. The van der Waals surface area contributed by atoms with E-state index in [9.17, 15) is 9.59 Å². The first-order valence-electron chi connectivity index (χ1n) is 6.25. The number of aliphatic carboxylic acids is 1. The lowest BCUT2D eigenvalue weighted by molar-refractivity contribution is -0.141. The van der Waals surface area contributed by atoms with Crippen LogP contribution in [0, 0.1) is 5.92 Å². The number of amides is 2. The van der Waals surface area contributed by atoms with Crippen LogP contribution in [0.2, 0.25) is 0 Å². The predicted molar refractivity (Wildman–Crippen MR) is 66.4 cm³/mol. The third-order valence-electron chi connectivity index (χ3n) is 3.20. The molecule has 0 spiro atoms. The molecule has 6 nitrogen and oxygen atoms in total. The predicted octanol–water partition coefficient (Wildman–Crippen LogP) is 0.914. The van der Waals surface area contributed by atoms with Crippen LogP contribution in [0.4, 0.5) is 4.79 Å². The maximum absolute atomic E-state index is 12.0.